The zero-order valence-corrected chi connectivity index (χ0v) is 15.8. The summed E-state index contributed by atoms with van der Waals surface area (Å²) in [6, 6.07) is 18.3. The highest BCUT2D eigenvalue weighted by Crippen LogP contribution is 2.28. The number of rotatable bonds is 10. The first-order valence-corrected chi connectivity index (χ1v) is 9.19. The van der Waals surface area contributed by atoms with Crippen LogP contribution in [0.15, 0.2) is 70.6 Å². The van der Waals surface area contributed by atoms with Crippen LogP contribution in [0.1, 0.15) is 30.9 Å². The van der Waals surface area contributed by atoms with E-state index in [4.69, 9.17) is 4.74 Å². The molecule has 0 saturated carbocycles. The number of halogens is 2. The lowest BCUT2D eigenvalue weighted by Gasteiger charge is -2.26. The van der Waals surface area contributed by atoms with E-state index in [-0.39, 0.29) is 19.4 Å². The second kappa shape index (κ2) is 11.1. The molecule has 0 fully saturated rings. The smallest absolute Gasteiger partial charge is 0.340 e. The van der Waals surface area contributed by atoms with Crippen molar-refractivity contribution in [2.24, 2.45) is 9.98 Å². The predicted molar refractivity (Wildman–Crippen MR) is 108 cm³/mol. The summed E-state index contributed by atoms with van der Waals surface area (Å²) in [4.78, 5) is 20.6. The Morgan fingerprint density at radius 3 is 2.14 bits per heavy atom. The lowest BCUT2D eigenvalue weighted by molar-refractivity contribution is -0.156. The van der Waals surface area contributed by atoms with Crippen LogP contribution in [-0.2, 0) is 9.53 Å². The third-order valence-electron chi connectivity index (χ3n) is 4.12. The summed E-state index contributed by atoms with van der Waals surface area (Å²) >= 11 is 0. The lowest BCUT2D eigenvalue weighted by atomic mass is 9.94. The van der Waals surface area contributed by atoms with Gasteiger partial charge >= 0.3 is 5.97 Å². The van der Waals surface area contributed by atoms with E-state index in [0.29, 0.717) is 12.1 Å². The second-order valence-electron chi connectivity index (χ2n) is 6.16. The highest BCUT2D eigenvalue weighted by Gasteiger charge is 2.48. The summed E-state index contributed by atoms with van der Waals surface area (Å²) in [5.74, 6) is -1.01. The van der Waals surface area contributed by atoms with Crippen LogP contribution in [0.25, 0.3) is 0 Å². The van der Waals surface area contributed by atoms with Crippen molar-refractivity contribution in [2.45, 2.75) is 31.7 Å². The van der Waals surface area contributed by atoms with Crippen LogP contribution in [0.5, 0.6) is 0 Å². The first kappa shape index (κ1) is 21.4. The Bertz CT molecular complexity index is 780. The lowest BCUT2D eigenvalue weighted by Crippen LogP contribution is -2.45. The fourth-order valence-electron chi connectivity index (χ4n) is 2.61. The third-order valence-corrected chi connectivity index (χ3v) is 4.12. The monoisotopic (exact) mass is 386 g/mol. The molecule has 4 nitrogen and oxygen atoms in total. The molecule has 1 atom stereocenters. The maximum Gasteiger partial charge on any atom is 0.340 e. The molecule has 1 unspecified atom stereocenters. The van der Waals surface area contributed by atoms with Gasteiger partial charge in [0.15, 0.2) is 0 Å². The van der Waals surface area contributed by atoms with Gasteiger partial charge in [-0.1, -0.05) is 60.7 Å². The van der Waals surface area contributed by atoms with Gasteiger partial charge in [-0.25, -0.2) is 13.6 Å². The molecular weight excluding hydrogens is 362 g/mol. The molecule has 0 aliphatic heterocycles. The molecule has 0 radical (unpaired) electrons. The molecule has 0 heterocycles. The number of esters is 1. The summed E-state index contributed by atoms with van der Waals surface area (Å²) in [6.07, 6.45) is 0.125. The maximum atomic E-state index is 14.0. The van der Waals surface area contributed by atoms with Crippen LogP contribution in [0.2, 0.25) is 0 Å². The number of hydrogen-bond acceptors (Lipinski definition) is 4. The zero-order valence-electron chi connectivity index (χ0n) is 15.8. The molecule has 0 spiro atoms. The topological polar surface area (TPSA) is 51.0 Å². The van der Waals surface area contributed by atoms with Crippen molar-refractivity contribution >= 4 is 18.4 Å². The minimum atomic E-state index is -2.98. The van der Waals surface area contributed by atoms with Crippen LogP contribution < -0.4 is 0 Å². The average molecular weight is 386 g/mol. The zero-order chi connectivity index (χ0) is 20.2. The van der Waals surface area contributed by atoms with Crippen molar-refractivity contribution in [1.82, 2.24) is 0 Å². The van der Waals surface area contributed by atoms with Gasteiger partial charge in [0, 0.05) is 19.0 Å². The molecule has 0 aromatic heterocycles. The fraction of sp³-hybridized carbons (Fsp3) is 0.318. The highest BCUT2D eigenvalue weighted by atomic mass is 19.3. The van der Waals surface area contributed by atoms with E-state index in [1.165, 1.54) is 6.21 Å². The highest BCUT2D eigenvalue weighted by molar-refractivity contribution is 5.87. The summed E-state index contributed by atoms with van der Waals surface area (Å²) in [5, 5.41) is 0. The van der Waals surface area contributed by atoms with Crippen molar-refractivity contribution in [2.75, 3.05) is 13.2 Å². The van der Waals surface area contributed by atoms with E-state index in [2.05, 4.69) is 9.98 Å². The molecule has 0 aliphatic rings. The molecule has 28 heavy (non-hydrogen) atoms. The standard InChI is InChI=1S/C22H24F2N2O2/c1-2-28-21(27)22(20(23)24,26-17-19-12-7-4-8-13-19)14-9-15-25-16-18-10-5-3-6-11-18/h3-8,10-13,16-17,20H,2,9,14-15H2,1H3. The van der Waals surface area contributed by atoms with Crippen LogP contribution in [-0.4, -0.2) is 43.5 Å². The molecule has 148 valence electrons. The molecular formula is C22H24F2N2O2. The normalized spacial score (nSPS) is 13.9. The second-order valence-corrected chi connectivity index (χ2v) is 6.16. The van der Waals surface area contributed by atoms with Gasteiger partial charge in [0.05, 0.1) is 6.61 Å². The Hall–Kier alpha value is -2.89. The number of hydrogen-bond donors (Lipinski definition) is 0. The van der Waals surface area contributed by atoms with Crippen LogP contribution in [0.4, 0.5) is 8.78 Å². The van der Waals surface area contributed by atoms with Gasteiger partial charge in [0.25, 0.3) is 6.43 Å². The van der Waals surface area contributed by atoms with Gasteiger partial charge in [0.2, 0.25) is 5.54 Å². The van der Waals surface area contributed by atoms with Gasteiger partial charge < -0.3 is 4.74 Å². The Morgan fingerprint density at radius 2 is 1.61 bits per heavy atom. The van der Waals surface area contributed by atoms with Crippen molar-refractivity contribution < 1.29 is 18.3 Å². The number of carbonyl (C=O) groups excluding carboxylic acids is 1. The van der Waals surface area contributed by atoms with Crippen LogP contribution >= 0.6 is 0 Å². The van der Waals surface area contributed by atoms with Crippen molar-refractivity contribution in [3.8, 4) is 0 Å². The first-order chi connectivity index (χ1) is 13.6. The van der Waals surface area contributed by atoms with Crippen molar-refractivity contribution in [1.29, 1.82) is 0 Å². The number of aliphatic imine (C=N–C) groups is 2. The van der Waals surface area contributed by atoms with Crippen molar-refractivity contribution in [3.63, 3.8) is 0 Å². The molecule has 0 saturated heterocycles. The minimum Gasteiger partial charge on any atom is -0.464 e. The largest absolute Gasteiger partial charge is 0.464 e. The molecule has 2 rings (SSSR count). The van der Waals surface area contributed by atoms with Crippen molar-refractivity contribution in [3.05, 3.63) is 71.8 Å². The third kappa shape index (κ3) is 6.08. The van der Waals surface area contributed by atoms with E-state index in [0.717, 1.165) is 5.56 Å². The summed E-state index contributed by atoms with van der Waals surface area (Å²) in [5.41, 5.74) is -0.664. The van der Waals surface area contributed by atoms with Crippen LogP contribution in [0, 0.1) is 0 Å². The van der Waals surface area contributed by atoms with E-state index >= 15 is 0 Å². The molecule has 0 N–H and O–H groups in total. The number of benzene rings is 2. The van der Waals surface area contributed by atoms with Gasteiger partial charge in [-0.15, -0.1) is 0 Å². The Morgan fingerprint density at radius 1 is 1.04 bits per heavy atom. The number of carbonyl (C=O) groups is 1. The summed E-state index contributed by atoms with van der Waals surface area (Å²) < 4.78 is 32.8. The Balaban J connectivity index is 2.11. The molecule has 2 aromatic carbocycles. The van der Waals surface area contributed by atoms with Gasteiger partial charge in [-0.3, -0.25) is 9.98 Å². The molecule has 0 aliphatic carbocycles. The molecule has 0 bridgehead atoms. The SMILES string of the molecule is CCOC(=O)C(CCCN=Cc1ccccc1)(N=Cc1ccccc1)C(F)F. The van der Waals surface area contributed by atoms with Crippen LogP contribution in [0.3, 0.4) is 0 Å². The average Bonchev–Trinajstić information content (AvgIpc) is 2.71. The van der Waals surface area contributed by atoms with Gasteiger partial charge in [-0.2, -0.15) is 0 Å². The summed E-state index contributed by atoms with van der Waals surface area (Å²) in [6.45, 7) is 1.91. The Labute approximate surface area is 164 Å². The van der Waals surface area contributed by atoms with Gasteiger partial charge in [-0.05, 0) is 30.9 Å². The Kier molecular flexibility index (Phi) is 8.46. The van der Waals surface area contributed by atoms with E-state index in [1.807, 2.05) is 36.4 Å². The molecule has 6 heteroatoms. The fourth-order valence-corrected chi connectivity index (χ4v) is 2.61. The summed E-state index contributed by atoms with van der Waals surface area (Å²) in [7, 11) is 0. The molecule has 0 amide bonds. The number of alkyl halides is 2. The quantitative estimate of drug-likeness (QED) is 0.341. The first-order valence-electron chi connectivity index (χ1n) is 9.19. The molecule has 2 aromatic rings. The number of ether oxygens (including phenoxy) is 1. The van der Waals surface area contributed by atoms with Gasteiger partial charge in [0.1, 0.15) is 0 Å². The van der Waals surface area contributed by atoms with E-state index < -0.39 is 17.9 Å². The minimum absolute atomic E-state index is 0.0142. The van der Waals surface area contributed by atoms with E-state index in [9.17, 15) is 13.6 Å². The van der Waals surface area contributed by atoms with E-state index in [1.54, 1.807) is 37.4 Å². The maximum absolute atomic E-state index is 14.0. The predicted octanol–water partition coefficient (Wildman–Crippen LogP) is 4.57. The number of nitrogens with zero attached hydrogens (tertiary/aromatic N) is 2.